The molecule has 0 aromatic heterocycles. The average Bonchev–Trinajstić information content (AvgIpc) is 3.08. The van der Waals surface area contributed by atoms with Crippen LogP contribution in [0.25, 0.3) is 0 Å². The summed E-state index contributed by atoms with van der Waals surface area (Å²) in [5, 5.41) is 2.68. The predicted molar refractivity (Wildman–Crippen MR) is 143 cm³/mol. The lowest BCUT2D eigenvalue weighted by Crippen LogP contribution is -2.32. The summed E-state index contributed by atoms with van der Waals surface area (Å²) in [6, 6.07) is 18.6. The van der Waals surface area contributed by atoms with Crippen LogP contribution in [-0.2, 0) is 15.0 Å². The van der Waals surface area contributed by atoms with E-state index in [1.54, 1.807) is 54.6 Å². The van der Waals surface area contributed by atoms with Gasteiger partial charge >= 0.3 is 5.97 Å². The number of amides is 2. The summed E-state index contributed by atoms with van der Waals surface area (Å²) in [6.45, 7) is 8.17. The number of ether oxygens (including phenoxy) is 2. The zero-order chi connectivity index (χ0) is 26.9. The van der Waals surface area contributed by atoms with Crippen molar-refractivity contribution in [1.29, 1.82) is 0 Å². The standard InChI is InChI=1S/C29H27ClN2O5/c1-17-6-15-23(22(16-17)29(2,3)4)37-28(35)18-7-9-19(10-8-18)31-25-24(30)26(33)32(27(25)34)20-11-13-21(36-5)14-12-20/h6-16,31H,1-5H3. The molecule has 3 aromatic rings. The number of anilines is 2. The summed E-state index contributed by atoms with van der Waals surface area (Å²) in [7, 11) is 1.53. The Morgan fingerprint density at radius 3 is 2.16 bits per heavy atom. The first-order valence-electron chi connectivity index (χ1n) is 11.6. The van der Waals surface area contributed by atoms with Crippen LogP contribution in [0.4, 0.5) is 11.4 Å². The zero-order valence-corrected chi connectivity index (χ0v) is 22.0. The third-order valence-electron chi connectivity index (χ3n) is 5.89. The molecule has 1 aliphatic heterocycles. The summed E-state index contributed by atoms with van der Waals surface area (Å²) >= 11 is 6.22. The molecule has 2 amide bonds. The molecule has 7 nitrogen and oxygen atoms in total. The molecule has 190 valence electrons. The Hall–Kier alpha value is -4.10. The molecule has 37 heavy (non-hydrogen) atoms. The minimum Gasteiger partial charge on any atom is -0.497 e. The number of hydrogen-bond acceptors (Lipinski definition) is 6. The fourth-order valence-electron chi connectivity index (χ4n) is 3.89. The van der Waals surface area contributed by atoms with Gasteiger partial charge in [-0.15, -0.1) is 0 Å². The van der Waals surface area contributed by atoms with Crippen LogP contribution in [0.5, 0.6) is 11.5 Å². The van der Waals surface area contributed by atoms with Gasteiger partial charge in [-0.1, -0.05) is 50.1 Å². The van der Waals surface area contributed by atoms with E-state index in [9.17, 15) is 14.4 Å². The zero-order valence-electron chi connectivity index (χ0n) is 21.2. The Morgan fingerprint density at radius 1 is 0.919 bits per heavy atom. The quantitative estimate of drug-likeness (QED) is 0.246. The first kappa shape index (κ1) is 26.0. The van der Waals surface area contributed by atoms with Gasteiger partial charge in [-0.2, -0.15) is 0 Å². The lowest BCUT2D eigenvalue weighted by Gasteiger charge is -2.22. The highest BCUT2D eigenvalue weighted by Gasteiger charge is 2.39. The molecule has 0 fully saturated rings. The number of benzene rings is 3. The molecule has 0 unspecified atom stereocenters. The first-order valence-corrected chi connectivity index (χ1v) is 12.0. The number of hydrogen-bond donors (Lipinski definition) is 1. The van der Waals surface area contributed by atoms with Crippen molar-refractivity contribution in [1.82, 2.24) is 0 Å². The lowest BCUT2D eigenvalue weighted by atomic mass is 9.85. The van der Waals surface area contributed by atoms with Crippen molar-refractivity contribution in [2.45, 2.75) is 33.1 Å². The van der Waals surface area contributed by atoms with Gasteiger partial charge in [0.1, 0.15) is 22.2 Å². The van der Waals surface area contributed by atoms with Crippen LogP contribution in [0.3, 0.4) is 0 Å². The summed E-state index contributed by atoms with van der Waals surface area (Å²) in [5.41, 5.74) is 2.95. The molecule has 3 aromatic carbocycles. The lowest BCUT2D eigenvalue weighted by molar-refractivity contribution is -0.120. The van der Waals surface area contributed by atoms with Crippen molar-refractivity contribution in [2.24, 2.45) is 0 Å². The van der Waals surface area contributed by atoms with E-state index in [1.165, 1.54) is 7.11 Å². The van der Waals surface area contributed by atoms with Crippen LogP contribution >= 0.6 is 11.6 Å². The molecular weight excluding hydrogens is 492 g/mol. The highest BCUT2D eigenvalue weighted by atomic mass is 35.5. The second kappa shape index (κ2) is 10.1. The van der Waals surface area contributed by atoms with Gasteiger partial charge in [0.2, 0.25) is 0 Å². The maximum atomic E-state index is 13.0. The van der Waals surface area contributed by atoms with E-state index in [0.29, 0.717) is 28.4 Å². The van der Waals surface area contributed by atoms with Gasteiger partial charge in [0.25, 0.3) is 11.8 Å². The van der Waals surface area contributed by atoms with Crippen molar-refractivity contribution in [3.63, 3.8) is 0 Å². The number of aryl methyl sites for hydroxylation is 1. The number of esters is 1. The van der Waals surface area contributed by atoms with Crippen LogP contribution in [0.15, 0.2) is 77.5 Å². The van der Waals surface area contributed by atoms with Gasteiger partial charge in [0.05, 0.1) is 18.4 Å². The maximum absolute atomic E-state index is 13.0. The number of rotatable bonds is 6. The molecule has 1 aliphatic rings. The van der Waals surface area contributed by atoms with E-state index < -0.39 is 17.8 Å². The van der Waals surface area contributed by atoms with Crippen LogP contribution < -0.4 is 19.7 Å². The molecule has 0 saturated heterocycles. The van der Waals surface area contributed by atoms with Crippen LogP contribution in [-0.4, -0.2) is 24.9 Å². The second-order valence-electron chi connectivity index (χ2n) is 9.67. The molecule has 0 spiro atoms. The van der Waals surface area contributed by atoms with E-state index in [1.807, 2.05) is 19.1 Å². The molecule has 0 atom stereocenters. The van der Waals surface area contributed by atoms with Crippen molar-refractivity contribution >= 4 is 40.8 Å². The highest BCUT2D eigenvalue weighted by Crippen LogP contribution is 2.33. The smallest absolute Gasteiger partial charge is 0.343 e. The van der Waals surface area contributed by atoms with E-state index in [2.05, 4.69) is 26.1 Å². The predicted octanol–water partition coefficient (Wildman–Crippen LogP) is 5.96. The van der Waals surface area contributed by atoms with Gasteiger partial charge in [0, 0.05) is 11.3 Å². The third kappa shape index (κ3) is 5.37. The topological polar surface area (TPSA) is 84.9 Å². The summed E-state index contributed by atoms with van der Waals surface area (Å²) in [6.07, 6.45) is 0. The fourth-order valence-corrected chi connectivity index (χ4v) is 4.10. The monoisotopic (exact) mass is 518 g/mol. The number of nitrogens with one attached hydrogen (secondary N) is 1. The molecule has 1 N–H and O–H groups in total. The number of imide groups is 1. The van der Waals surface area contributed by atoms with E-state index >= 15 is 0 Å². The van der Waals surface area contributed by atoms with Crippen LogP contribution in [0.2, 0.25) is 0 Å². The molecule has 1 heterocycles. The van der Waals surface area contributed by atoms with Gasteiger partial charge in [0.15, 0.2) is 0 Å². The van der Waals surface area contributed by atoms with E-state index in [0.717, 1.165) is 16.0 Å². The van der Waals surface area contributed by atoms with Gasteiger partial charge in [-0.3, -0.25) is 9.59 Å². The van der Waals surface area contributed by atoms with Gasteiger partial charge < -0.3 is 14.8 Å². The number of carbonyl (C=O) groups excluding carboxylic acids is 3. The van der Waals surface area contributed by atoms with E-state index in [4.69, 9.17) is 21.1 Å². The average molecular weight is 519 g/mol. The van der Waals surface area contributed by atoms with Crippen molar-refractivity contribution in [3.8, 4) is 11.5 Å². The molecule has 0 aliphatic carbocycles. The van der Waals surface area contributed by atoms with Crippen molar-refractivity contribution in [3.05, 3.63) is 94.1 Å². The molecule has 0 saturated carbocycles. The Balaban J connectivity index is 1.49. The van der Waals surface area contributed by atoms with E-state index in [-0.39, 0.29) is 16.1 Å². The van der Waals surface area contributed by atoms with Crippen molar-refractivity contribution in [2.75, 3.05) is 17.3 Å². The van der Waals surface area contributed by atoms with Crippen LogP contribution in [0.1, 0.15) is 42.3 Å². The van der Waals surface area contributed by atoms with Gasteiger partial charge in [-0.25, -0.2) is 9.69 Å². The largest absolute Gasteiger partial charge is 0.497 e. The maximum Gasteiger partial charge on any atom is 0.343 e. The minimum absolute atomic E-state index is 0.0488. The number of nitrogens with zero attached hydrogens (tertiary/aromatic N) is 1. The number of carbonyl (C=O) groups is 3. The normalized spacial score (nSPS) is 13.7. The van der Waals surface area contributed by atoms with Crippen molar-refractivity contribution < 1.29 is 23.9 Å². The van der Waals surface area contributed by atoms with Crippen LogP contribution in [0, 0.1) is 6.92 Å². The number of methoxy groups -OCH3 is 1. The third-order valence-corrected chi connectivity index (χ3v) is 6.24. The summed E-state index contributed by atoms with van der Waals surface area (Å²) in [5.74, 6) is -0.618. The molecule has 8 heteroatoms. The SMILES string of the molecule is COc1ccc(N2C(=O)C(Cl)=C(Nc3ccc(C(=O)Oc4ccc(C)cc4C(C)(C)C)cc3)C2=O)cc1. The molecular formula is C29H27ClN2O5. The Bertz CT molecular complexity index is 1400. The number of halogens is 1. The molecule has 0 radical (unpaired) electrons. The Kier molecular flexibility index (Phi) is 7.09. The highest BCUT2D eigenvalue weighted by molar-refractivity contribution is 6.53. The van der Waals surface area contributed by atoms with Gasteiger partial charge in [-0.05, 0) is 66.9 Å². The molecule has 0 bridgehead atoms. The summed E-state index contributed by atoms with van der Waals surface area (Å²) < 4.78 is 10.8. The fraction of sp³-hybridized carbons (Fsp3) is 0.207. The summed E-state index contributed by atoms with van der Waals surface area (Å²) in [4.78, 5) is 39.5. The second-order valence-corrected chi connectivity index (χ2v) is 10.1. The molecule has 4 rings (SSSR count). The first-order chi connectivity index (χ1) is 17.5. The Labute approximate surface area is 220 Å². The minimum atomic E-state index is -0.632. The Morgan fingerprint density at radius 2 is 1.57 bits per heavy atom.